The van der Waals surface area contributed by atoms with Crippen LogP contribution in [0.1, 0.15) is 0 Å². The maximum Gasteiger partial charge on any atom is 0.212 e. The summed E-state index contributed by atoms with van der Waals surface area (Å²) in [5.41, 5.74) is 13.0. The molecule has 5 aromatic heterocycles. The Hall–Kier alpha value is -7.77. The van der Waals surface area contributed by atoms with Gasteiger partial charge in [-0.2, -0.15) is 4.39 Å². The van der Waals surface area contributed by atoms with Crippen LogP contribution >= 0.6 is 0 Å². The highest BCUT2D eigenvalue weighted by atomic mass is 19.1. The predicted molar refractivity (Wildman–Crippen MR) is 225 cm³/mol. The van der Waals surface area contributed by atoms with Crippen molar-refractivity contribution < 1.29 is 13.2 Å². The maximum absolute atomic E-state index is 14.1. The van der Waals surface area contributed by atoms with Gasteiger partial charge in [0.25, 0.3) is 0 Å². The number of benzene rings is 6. The zero-order chi connectivity index (χ0) is 37.9. The lowest BCUT2D eigenvalue weighted by Crippen LogP contribution is -1.98. The van der Waals surface area contributed by atoms with Gasteiger partial charge in [0, 0.05) is 62.4 Å². The average Bonchev–Trinajstić information content (AvgIpc) is 3.84. The predicted octanol–water partition coefficient (Wildman–Crippen LogP) is 13.2. The molecule has 0 aliphatic carbocycles. The lowest BCUT2D eigenvalue weighted by molar-refractivity contribution is 0.584. The number of furan rings is 2. The Kier molecular flexibility index (Phi) is 7.57. The fourth-order valence-electron chi connectivity index (χ4n) is 7.77. The quantitative estimate of drug-likeness (QED) is 0.158. The van der Waals surface area contributed by atoms with Gasteiger partial charge < -0.3 is 8.83 Å². The summed E-state index contributed by atoms with van der Waals surface area (Å²) in [4.78, 5) is 18.8. The summed E-state index contributed by atoms with van der Waals surface area (Å²) in [5.74, 6) is -0.0437. The summed E-state index contributed by atoms with van der Waals surface area (Å²) in [6, 6.07) is 52.4. The number of para-hydroxylation sites is 2. The number of halogens is 1. The van der Waals surface area contributed by atoms with E-state index in [1.165, 1.54) is 12.3 Å². The molecule has 6 aromatic carbocycles. The molecule has 0 spiro atoms. The summed E-state index contributed by atoms with van der Waals surface area (Å²) in [7, 11) is 0. The maximum atomic E-state index is 14.1. The van der Waals surface area contributed by atoms with Crippen LogP contribution in [-0.4, -0.2) is 19.9 Å². The van der Waals surface area contributed by atoms with Gasteiger partial charge in [-0.3, -0.25) is 4.98 Å². The van der Waals surface area contributed by atoms with Crippen molar-refractivity contribution in [3.63, 3.8) is 0 Å². The first kappa shape index (κ1) is 32.6. The van der Waals surface area contributed by atoms with Crippen LogP contribution in [0.15, 0.2) is 185 Å². The summed E-state index contributed by atoms with van der Waals surface area (Å²) in [6.07, 6.45) is 5.12. The van der Waals surface area contributed by atoms with E-state index in [9.17, 15) is 4.39 Å². The molecule has 0 atom stereocenters. The van der Waals surface area contributed by atoms with Gasteiger partial charge in [0.15, 0.2) is 5.82 Å². The Bertz CT molecular complexity index is 3180. The average molecular weight is 737 g/mol. The second kappa shape index (κ2) is 13.2. The zero-order valence-corrected chi connectivity index (χ0v) is 30.2. The van der Waals surface area contributed by atoms with Crippen LogP contribution in [0.5, 0.6) is 0 Å². The largest absolute Gasteiger partial charge is 0.456 e. The van der Waals surface area contributed by atoms with E-state index in [1.807, 2.05) is 85.1 Å². The van der Waals surface area contributed by atoms with Crippen molar-refractivity contribution in [1.29, 1.82) is 0 Å². The van der Waals surface area contributed by atoms with Crippen LogP contribution < -0.4 is 0 Å². The molecule has 0 saturated carbocycles. The van der Waals surface area contributed by atoms with E-state index in [1.54, 1.807) is 12.3 Å². The molecule has 5 heterocycles. The molecule has 0 fully saturated rings. The van der Waals surface area contributed by atoms with Gasteiger partial charge in [0.05, 0.1) is 11.4 Å². The molecule has 0 radical (unpaired) electrons. The van der Waals surface area contributed by atoms with E-state index < -0.39 is 5.95 Å². The van der Waals surface area contributed by atoms with Crippen molar-refractivity contribution in [1.82, 2.24) is 19.9 Å². The minimum atomic E-state index is -0.558. The molecule has 11 rings (SSSR count). The van der Waals surface area contributed by atoms with E-state index in [-0.39, 0.29) is 0 Å². The number of fused-ring (bicyclic) bond motifs is 6. The fraction of sp³-hybridized carbons (Fsp3) is 0. The van der Waals surface area contributed by atoms with E-state index >= 15 is 0 Å². The molecule has 0 aliphatic heterocycles. The van der Waals surface area contributed by atoms with Crippen molar-refractivity contribution in [2.75, 3.05) is 0 Å². The molecule has 268 valence electrons. The summed E-state index contributed by atoms with van der Waals surface area (Å²) in [6.45, 7) is 0. The second-order valence-corrected chi connectivity index (χ2v) is 14.0. The molecule has 57 heavy (non-hydrogen) atoms. The number of hydrogen-bond donors (Lipinski definition) is 0. The number of aromatic nitrogens is 4. The first-order chi connectivity index (χ1) is 28.1. The number of pyridine rings is 2. The third kappa shape index (κ3) is 5.81. The van der Waals surface area contributed by atoms with Gasteiger partial charge in [0.2, 0.25) is 5.95 Å². The Labute approximate surface area is 325 Å². The van der Waals surface area contributed by atoms with Gasteiger partial charge >= 0.3 is 0 Å². The molecule has 0 bridgehead atoms. The van der Waals surface area contributed by atoms with Crippen molar-refractivity contribution in [2.45, 2.75) is 0 Å². The van der Waals surface area contributed by atoms with Crippen molar-refractivity contribution in [2.24, 2.45) is 0 Å². The zero-order valence-electron chi connectivity index (χ0n) is 30.2. The number of rotatable bonds is 6. The van der Waals surface area contributed by atoms with Gasteiger partial charge in [-0.1, -0.05) is 78.9 Å². The van der Waals surface area contributed by atoms with Gasteiger partial charge in [-0.05, 0) is 107 Å². The van der Waals surface area contributed by atoms with Crippen molar-refractivity contribution in [3.05, 3.63) is 182 Å². The standard InChI is InChI=1S/C50H29FN4O2/c51-49-20-17-33(29-53-49)43-27-44(38-10-2-1-9-37(38)32-8-7-21-52-28-32)55-50(54-43)36-23-34(30-15-18-47-41(25-30)39-11-3-5-13-45(39)56-47)22-35(24-36)31-16-19-48-42(26-31)40-12-4-6-14-46(40)57-48/h1-29H. The van der Waals surface area contributed by atoms with Crippen LogP contribution in [0.4, 0.5) is 4.39 Å². The number of nitrogens with zero attached hydrogens (tertiary/aromatic N) is 4. The fourth-order valence-corrected chi connectivity index (χ4v) is 7.77. The molecule has 0 amide bonds. The van der Waals surface area contributed by atoms with Gasteiger partial charge in [0.1, 0.15) is 22.3 Å². The topological polar surface area (TPSA) is 77.8 Å². The SMILES string of the molecule is Fc1ccc(-c2cc(-c3ccccc3-c3cccnc3)nc(-c3cc(-c4ccc5oc6ccccc6c5c4)cc(-c4ccc5oc6ccccc6c5c4)c3)n2)cn1. The molecule has 0 saturated heterocycles. The minimum Gasteiger partial charge on any atom is -0.456 e. The summed E-state index contributed by atoms with van der Waals surface area (Å²) in [5, 5.41) is 4.20. The second-order valence-electron chi connectivity index (χ2n) is 14.0. The highest BCUT2D eigenvalue weighted by molar-refractivity contribution is 6.07. The van der Waals surface area contributed by atoms with E-state index in [4.69, 9.17) is 18.8 Å². The van der Waals surface area contributed by atoms with Crippen LogP contribution in [0.2, 0.25) is 0 Å². The highest BCUT2D eigenvalue weighted by Gasteiger charge is 2.18. The molecule has 0 aliphatic rings. The van der Waals surface area contributed by atoms with Crippen LogP contribution in [0.3, 0.4) is 0 Å². The Balaban J connectivity index is 1.15. The van der Waals surface area contributed by atoms with Crippen LogP contribution in [0, 0.1) is 5.95 Å². The van der Waals surface area contributed by atoms with Crippen molar-refractivity contribution in [3.8, 4) is 67.3 Å². The first-order valence-electron chi connectivity index (χ1n) is 18.6. The first-order valence-corrected chi connectivity index (χ1v) is 18.6. The monoisotopic (exact) mass is 736 g/mol. The smallest absolute Gasteiger partial charge is 0.212 e. The number of hydrogen-bond acceptors (Lipinski definition) is 6. The van der Waals surface area contributed by atoms with Gasteiger partial charge in [-0.15, -0.1) is 0 Å². The molecule has 0 unspecified atom stereocenters. The van der Waals surface area contributed by atoms with Crippen LogP contribution in [-0.2, 0) is 0 Å². The molecular weight excluding hydrogens is 708 g/mol. The van der Waals surface area contributed by atoms with Crippen LogP contribution in [0.25, 0.3) is 111 Å². The third-order valence-electron chi connectivity index (χ3n) is 10.5. The third-order valence-corrected chi connectivity index (χ3v) is 10.5. The molecular formula is C50H29FN4O2. The Morgan fingerprint density at radius 2 is 0.965 bits per heavy atom. The minimum absolute atomic E-state index is 0.514. The normalized spacial score (nSPS) is 11.6. The van der Waals surface area contributed by atoms with E-state index in [0.29, 0.717) is 22.8 Å². The lowest BCUT2D eigenvalue weighted by Gasteiger charge is -2.14. The molecule has 11 aromatic rings. The molecule has 6 nitrogen and oxygen atoms in total. The molecule has 0 N–H and O–H groups in total. The molecule has 7 heteroatoms. The van der Waals surface area contributed by atoms with Crippen molar-refractivity contribution >= 4 is 43.9 Å². The Morgan fingerprint density at radius 1 is 0.386 bits per heavy atom. The van der Waals surface area contributed by atoms with E-state index in [0.717, 1.165) is 88.4 Å². The summed E-state index contributed by atoms with van der Waals surface area (Å²) >= 11 is 0. The highest BCUT2D eigenvalue weighted by Crippen LogP contribution is 2.40. The Morgan fingerprint density at radius 3 is 1.60 bits per heavy atom. The summed E-state index contributed by atoms with van der Waals surface area (Å²) < 4.78 is 26.5. The van der Waals surface area contributed by atoms with E-state index in [2.05, 4.69) is 76.7 Å². The van der Waals surface area contributed by atoms with Gasteiger partial charge in [-0.25, -0.2) is 15.0 Å². The lowest BCUT2D eigenvalue weighted by atomic mass is 9.94.